The molecule has 1 aromatic heterocycles. The summed E-state index contributed by atoms with van der Waals surface area (Å²) in [4.78, 5) is 12.0. The van der Waals surface area contributed by atoms with Crippen LogP contribution in [0, 0.1) is 6.92 Å². The lowest BCUT2D eigenvalue weighted by Crippen LogP contribution is -2.14. The van der Waals surface area contributed by atoms with E-state index in [1.165, 1.54) is 0 Å². The highest BCUT2D eigenvalue weighted by Crippen LogP contribution is 2.18. The van der Waals surface area contributed by atoms with Crippen molar-refractivity contribution in [1.29, 1.82) is 0 Å². The van der Waals surface area contributed by atoms with Crippen molar-refractivity contribution in [3.05, 3.63) is 59.9 Å². The zero-order valence-corrected chi connectivity index (χ0v) is 10.6. The van der Waals surface area contributed by atoms with Gasteiger partial charge in [-0.15, -0.1) is 0 Å². The zero-order chi connectivity index (χ0) is 13.2. The number of aromatic amines is 1. The molecule has 4 heteroatoms. The number of nitrogens with zero attached hydrogens (tertiary/aromatic N) is 2. The third kappa shape index (κ3) is 2.20. The molecule has 3 N–H and O–H groups in total. The van der Waals surface area contributed by atoms with Gasteiger partial charge in [-0.2, -0.15) is 0 Å². The van der Waals surface area contributed by atoms with Crippen LogP contribution in [0.1, 0.15) is 11.4 Å². The average molecular weight is 250 g/mol. The van der Waals surface area contributed by atoms with Crippen molar-refractivity contribution in [2.24, 2.45) is 10.7 Å². The number of amidine groups is 1. The van der Waals surface area contributed by atoms with Crippen molar-refractivity contribution >= 4 is 22.6 Å². The Kier molecular flexibility index (Phi) is 2.76. The Morgan fingerprint density at radius 3 is 2.63 bits per heavy atom. The Balaban J connectivity index is 2.04. The zero-order valence-electron chi connectivity index (χ0n) is 10.6. The summed E-state index contributed by atoms with van der Waals surface area (Å²) in [5.41, 5.74) is 9.81. The number of para-hydroxylation sites is 3. The quantitative estimate of drug-likeness (QED) is 0.542. The number of rotatable bonds is 2. The maximum atomic E-state index is 6.02. The smallest absolute Gasteiger partial charge is 0.174 e. The molecule has 19 heavy (non-hydrogen) atoms. The van der Waals surface area contributed by atoms with Gasteiger partial charge in [0.2, 0.25) is 0 Å². The van der Waals surface area contributed by atoms with Crippen LogP contribution < -0.4 is 5.73 Å². The second-order valence-corrected chi connectivity index (χ2v) is 4.39. The van der Waals surface area contributed by atoms with Gasteiger partial charge in [0.25, 0.3) is 0 Å². The highest BCUT2D eigenvalue weighted by Gasteiger charge is 2.06. The van der Waals surface area contributed by atoms with Crippen molar-refractivity contribution < 1.29 is 0 Å². The molecule has 4 nitrogen and oxygen atoms in total. The molecule has 0 saturated heterocycles. The molecule has 0 aliphatic carbocycles. The molecule has 0 fully saturated rings. The van der Waals surface area contributed by atoms with E-state index in [1.54, 1.807) is 0 Å². The lowest BCUT2D eigenvalue weighted by molar-refractivity contribution is 1.25. The Morgan fingerprint density at radius 2 is 1.84 bits per heavy atom. The Hall–Kier alpha value is -2.62. The number of H-pyrrole nitrogens is 1. The first kappa shape index (κ1) is 11.5. The number of aliphatic imine (C=N–C) groups is 1. The largest absolute Gasteiger partial charge is 0.381 e. The number of fused-ring (bicyclic) bond motifs is 1. The second kappa shape index (κ2) is 4.57. The van der Waals surface area contributed by atoms with E-state index in [1.807, 2.05) is 55.5 Å². The van der Waals surface area contributed by atoms with Gasteiger partial charge in [-0.05, 0) is 30.7 Å². The first-order valence-corrected chi connectivity index (χ1v) is 6.09. The van der Waals surface area contributed by atoms with Crippen LogP contribution in [0.15, 0.2) is 53.5 Å². The minimum Gasteiger partial charge on any atom is -0.381 e. The van der Waals surface area contributed by atoms with E-state index in [9.17, 15) is 0 Å². The topological polar surface area (TPSA) is 67.1 Å². The monoisotopic (exact) mass is 250 g/mol. The molecule has 0 amide bonds. The lowest BCUT2D eigenvalue weighted by atomic mass is 10.2. The van der Waals surface area contributed by atoms with E-state index in [2.05, 4.69) is 15.0 Å². The van der Waals surface area contributed by atoms with Crippen molar-refractivity contribution in [2.45, 2.75) is 6.92 Å². The SMILES string of the molecule is Cc1ccccc1N=C(N)c1nc2ccccc2[nH]1. The summed E-state index contributed by atoms with van der Waals surface area (Å²) >= 11 is 0. The summed E-state index contributed by atoms with van der Waals surface area (Å²) in [7, 11) is 0. The molecule has 0 bridgehead atoms. The van der Waals surface area contributed by atoms with Crippen LogP contribution in [0.4, 0.5) is 5.69 Å². The molecule has 0 atom stereocenters. The van der Waals surface area contributed by atoms with Gasteiger partial charge >= 0.3 is 0 Å². The summed E-state index contributed by atoms with van der Waals surface area (Å²) in [5.74, 6) is 0.995. The fourth-order valence-electron chi connectivity index (χ4n) is 1.95. The first-order valence-electron chi connectivity index (χ1n) is 6.09. The van der Waals surface area contributed by atoms with Gasteiger partial charge in [0.15, 0.2) is 11.7 Å². The Labute approximate surface area is 111 Å². The molecule has 0 aliphatic heterocycles. The van der Waals surface area contributed by atoms with Crippen molar-refractivity contribution in [1.82, 2.24) is 9.97 Å². The normalized spacial score (nSPS) is 11.9. The predicted molar refractivity (Wildman–Crippen MR) is 77.7 cm³/mol. The number of aryl methyl sites for hydroxylation is 1. The maximum absolute atomic E-state index is 6.02. The van der Waals surface area contributed by atoms with E-state index in [0.717, 1.165) is 22.3 Å². The van der Waals surface area contributed by atoms with Crippen molar-refractivity contribution in [2.75, 3.05) is 0 Å². The molecular formula is C15H14N4. The summed E-state index contributed by atoms with van der Waals surface area (Å²) in [6.45, 7) is 2.00. The fourth-order valence-corrected chi connectivity index (χ4v) is 1.95. The Morgan fingerprint density at radius 1 is 1.11 bits per heavy atom. The van der Waals surface area contributed by atoms with Gasteiger partial charge in [0, 0.05) is 0 Å². The van der Waals surface area contributed by atoms with Crippen molar-refractivity contribution in [3.63, 3.8) is 0 Å². The van der Waals surface area contributed by atoms with Crippen LogP contribution in [0.5, 0.6) is 0 Å². The predicted octanol–water partition coefficient (Wildman–Crippen LogP) is 2.91. The van der Waals surface area contributed by atoms with Crippen LogP contribution in [-0.2, 0) is 0 Å². The number of aromatic nitrogens is 2. The average Bonchev–Trinajstić information content (AvgIpc) is 2.85. The molecule has 0 saturated carbocycles. The van der Waals surface area contributed by atoms with Gasteiger partial charge < -0.3 is 10.7 Å². The number of imidazole rings is 1. The highest BCUT2D eigenvalue weighted by atomic mass is 15.0. The molecule has 3 rings (SSSR count). The highest BCUT2D eigenvalue weighted by molar-refractivity contribution is 5.98. The van der Waals surface area contributed by atoms with E-state index in [-0.39, 0.29) is 0 Å². The molecule has 2 aromatic carbocycles. The van der Waals surface area contributed by atoms with Crippen LogP contribution in [0.3, 0.4) is 0 Å². The van der Waals surface area contributed by atoms with E-state index in [0.29, 0.717) is 11.7 Å². The summed E-state index contributed by atoms with van der Waals surface area (Å²) in [6.07, 6.45) is 0. The van der Waals surface area contributed by atoms with Gasteiger partial charge in [-0.1, -0.05) is 30.3 Å². The van der Waals surface area contributed by atoms with Gasteiger partial charge in [-0.25, -0.2) is 9.98 Å². The summed E-state index contributed by atoms with van der Waals surface area (Å²) in [6, 6.07) is 15.7. The van der Waals surface area contributed by atoms with E-state index in [4.69, 9.17) is 5.73 Å². The third-order valence-corrected chi connectivity index (χ3v) is 2.99. The minimum absolute atomic E-state index is 0.394. The maximum Gasteiger partial charge on any atom is 0.174 e. The fraction of sp³-hybridized carbons (Fsp3) is 0.0667. The lowest BCUT2D eigenvalue weighted by Gasteiger charge is -2.00. The second-order valence-electron chi connectivity index (χ2n) is 4.39. The number of hydrogen-bond donors (Lipinski definition) is 2. The van der Waals surface area contributed by atoms with E-state index < -0.39 is 0 Å². The number of hydrogen-bond acceptors (Lipinski definition) is 2. The molecular weight excluding hydrogens is 236 g/mol. The van der Waals surface area contributed by atoms with Crippen LogP contribution in [-0.4, -0.2) is 15.8 Å². The molecule has 0 radical (unpaired) electrons. The first-order chi connectivity index (χ1) is 9.24. The molecule has 3 aromatic rings. The summed E-state index contributed by atoms with van der Waals surface area (Å²) < 4.78 is 0. The summed E-state index contributed by atoms with van der Waals surface area (Å²) in [5, 5.41) is 0. The van der Waals surface area contributed by atoms with Gasteiger partial charge in [0.05, 0.1) is 16.7 Å². The Bertz CT molecular complexity index is 722. The standard InChI is InChI=1S/C15H14N4/c1-10-6-2-3-7-11(10)17-14(16)15-18-12-8-4-5-9-13(12)19-15/h2-9H,1H3,(H2,16,17)(H,18,19). The molecule has 1 heterocycles. The molecule has 94 valence electrons. The number of nitrogens with one attached hydrogen (secondary N) is 1. The number of benzene rings is 2. The van der Waals surface area contributed by atoms with Crippen LogP contribution in [0.25, 0.3) is 11.0 Å². The molecule has 0 unspecified atom stereocenters. The van der Waals surface area contributed by atoms with Crippen molar-refractivity contribution in [3.8, 4) is 0 Å². The van der Waals surface area contributed by atoms with E-state index >= 15 is 0 Å². The van der Waals surface area contributed by atoms with Crippen LogP contribution in [0.2, 0.25) is 0 Å². The molecule has 0 aliphatic rings. The minimum atomic E-state index is 0.394. The third-order valence-electron chi connectivity index (χ3n) is 2.99. The van der Waals surface area contributed by atoms with Gasteiger partial charge in [-0.3, -0.25) is 0 Å². The number of nitrogens with two attached hydrogens (primary N) is 1. The molecule has 0 spiro atoms. The van der Waals surface area contributed by atoms with Gasteiger partial charge in [0.1, 0.15) is 0 Å². The van der Waals surface area contributed by atoms with Crippen LogP contribution >= 0.6 is 0 Å².